The van der Waals surface area contributed by atoms with Gasteiger partial charge in [-0.25, -0.2) is 13.1 Å². The number of sulfonamides is 1. The highest BCUT2D eigenvalue weighted by Crippen LogP contribution is 2.20. The van der Waals surface area contributed by atoms with Crippen LogP contribution in [0.3, 0.4) is 0 Å². The summed E-state index contributed by atoms with van der Waals surface area (Å²) in [5.74, 6) is 0. The van der Waals surface area contributed by atoms with E-state index in [0.717, 1.165) is 6.42 Å². The van der Waals surface area contributed by atoms with Crippen molar-refractivity contribution in [2.75, 3.05) is 6.54 Å². The Morgan fingerprint density at radius 3 is 2.63 bits per heavy atom. The molecule has 2 N–H and O–H groups in total. The lowest BCUT2D eigenvalue weighted by atomic mass is 10.0. The van der Waals surface area contributed by atoms with E-state index < -0.39 is 15.6 Å². The molecule has 0 bridgehead atoms. The Morgan fingerprint density at radius 2 is 2.05 bits per heavy atom. The molecule has 1 aromatic rings. The molecule has 0 amide bonds. The lowest BCUT2D eigenvalue weighted by Crippen LogP contribution is -2.40. The Kier molecular flexibility index (Phi) is 5.38. The lowest BCUT2D eigenvalue weighted by Gasteiger charge is -2.23. The molecule has 1 aromatic carbocycles. The van der Waals surface area contributed by atoms with Crippen LogP contribution in [-0.2, 0) is 10.0 Å². The van der Waals surface area contributed by atoms with E-state index in [0.29, 0.717) is 17.0 Å². The van der Waals surface area contributed by atoms with Gasteiger partial charge in [-0.3, -0.25) is 0 Å². The molecule has 0 fully saturated rings. The third-order valence-electron chi connectivity index (χ3n) is 2.87. The summed E-state index contributed by atoms with van der Waals surface area (Å²) in [6.45, 7) is 5.23. The summed E-state index contributed by atoms with van der Waals surface area (Å²) >= 11 is 5.82. The second-order valence-electron chi connectivity index (χ2n) is 4.98. The predicted octanol–water partition coefficient (Wildman–Crippen LogP) is 2.48. The number of rotatable bonds is 6. The van der Waals surface area contributed by atoms with Crippen LogP contribution in [0, 0.1) is 6.92 Å². The highest BCUT2D eigenvalue weighted by Gasteiger charge is 2.24. The molecule has 1 unspecified atom stereocenters. The van der Waals surface area contributed by atoms with Crippen molar-refractivity contribution < 1.29 is 13.5 Å². The van der Waals surface area contributed by atoms with Crippen molar-refractivity contribution in [3.63, 3.8) is 0 Å². The molecule has 0 radical (unpaired) electrons. The molecular weight excluding hydrogens is 286 g/mol. The fourth-order valence-electron chi connectivity index (χ4n) is 1.82. The highest BCUT2D eigenvalue weighted by molar-refractivity contribution is 7.89. The maximum atomic E-state index is 12.2. The molecule has 0 aliphatic carbocycles. The van der Waals surface area contributed by atoms with Gasteiger partial charge in [0, 0.05) is 11.6 Å². The minimum Gasteiger partial charge on any atom is -0.389 e. The fourth-order valence-corrected chi connectivity index (χ4v) is 3.49. The summed E-state index contributed by atoms with van der Waals surface area (Å²) in [6.07, 6.45) is 1.31. The molecule has 0 saturated carbocycles. The summed E-state index contributed by atoms with van der Waals surface area (Å²) in [4.78, 5) is 0.146. The van der Waals surface area contributed by atoms with E-state index in [9.17, 15) is 13.5 Å². The minimum absolute atomic E-state index is 0.0187. The van der Waals surface area contributed by atoms with Crippen molar-refractivity contribution in [3.05, 3.63) is 28.8 Å². The first-order valence-electron chi connectivity index (χ1n) is 6.16. The van der Waals surface area contributed by atoms with Crippen molar-refractivity contribution in [2.24, 2.45) is 0 Å². The molecule has 108 valence electrons. The van der Waals surface area contributed by atoms with Crippen LogP contribution in [0.5, 0.6) is 0 Å². The highest BCUT2D eigenvalue weighted by atomic mass is 35.5. The summed E-state index contributed by atoms with van der Waals surface area (Å²) in [5, 5.41) is 10.4. The first-order valence-corrected chi connectivity index (χ1v) is 8.02. The van der Waals surface area contributed by atoms with Crippen LogP contribution in [-0.4, -0.2) is 25.7 Å². The largest absolute Gasteiger partial charge is 0.389 e. The number of aryl methyl sites for hydroxylation is 1. The summed E-state index contributed by atoms with van der Waals surface area (Å²) in [7, 11) is -3.66. The molecule has 0 aliphatic heterocycles. The van der Waals surface area contributed by atoms with Gasteiger partial charge in [-0.15, -0.1) is 0 Å². The Balaban J connectivity index is 2.90. The van der Waals surface area contributed by atoms with Gasteiger partial charge < -0.3 is 5.11 Å². The topological polar surface area (TPSA) is 66.4 Å². The zero-order chi connectivity index (χ0) is 14.7. The fraction of sp³-hybridized carbons (Fsp3) is 0.538. The van der Waals surface area contributed by atoms with Gasteiger partial charge in [0.25, 0.3) is 0 Å². The third kappa shape index (κ3) is 4.76. The second-order valence-corrected chi connectivity index (χ2v) is 7.15. The zero-order valence-corrected chi connectivity index (χ0v) is 13.0. The van der Waals surface area contributed by atoms with Crippen LogP contribution in [0.25, 0.3) is 0 Å². The molecule has 4 nitrogen and oxygen atoms in total. The number of hydrogen-bond acceptors (Lipinski definition) is 3. The van der Waals surface area contributed by atoms with Gasteiger partial charge in [-0.1, -0.05) is 31.0 Å². The number of hydrogen-bond donors (Lipinski definition) is 2. The van der Waals surface area contributed by atoms with E-state index >= 15 is 0 Å². The average Bonchev–Trinajstić information content (AvgIpc) is 2.30. The van der Waals surface area contributed by atoms with Crippen molar-refractivity contribution in [1.82, 2.24) is 4.72 Å². The lowest BCUT2D eigenvalue weighted by molar-refractivity contribution is 0.0554. The predicted molar refractivity (Wildman–Crippen MR) is 76.9 cm³/mol. The number of halogens is 1. The van der Waals surface area contributed by atoms with Crippen LogP contribution in [0.1, 0.15) is 32.3 Å². The van der Waals surface area contributed by atoms with E-state index in [-0.39, 0.29) is 11.4 Å². The van der Waals surface area contributed by atoms with Crippen LogP contribution in [0.4, 0.5) is 0 Å². The quantitative estimate of drug-likeness (QED) is 0.848. The molecule has 1 atom stereocenters. The Bertz CT molecular complexity index is 541. The molecule has 0 aliphatic rings. The standard InChI is InChI=1S/C13H20ClNO3S/c1-4-7-13(3,16)9-15-19(17,18)12-8-11(14)6-5-10(12)2/h5-6,8,15-16H,4,7,9H2,1-3H3. The van der Waals surface area contributed by atoms with Gasteiger partial charge in [-0.2, -0.15) is 0 Å². The van der Waals surface area contributed by atoms with Gasteiger partial charge in [-0.05, 0) is 38.0 Å². The van der Waals surface area contributed by atoms with Crippen LogP contribution in [0.15, 0.2) is 23.1 Å². The SMILES string of the molecule is CCCC(C)(O)CNS(=O)(=O)c1cc(Cl)ccc1C. The van der Waals surface area contributed by atoms with Crippen LogP contribution < -0.4 is 4.72 Å². The number of benzene rings is 1. The zero-order valence-electron chi connectivity index (χ0n) is 11.4. The third-order valence-corrected chi connectivity index (χ3v) is 4.65. The summed E-state index contributed by atoms with van der Waals surface area (Å²) in [6, 6.07) is 4.71. The second kappa shape index (κ2) is 6.22. The smallest absolute Gasteiger partial charge is 0.240 e. The van der Waals surface area contributed by atoms with E-state index in [1.165, 1.54) is 6.07 Å². The monoisotopic (exact) mass is 305 g/mol. The number of aliphatic hydroxyl groups is 1. The minimum atomic E-state index is -3.66. The first-order chi connectivity index (χ1) is 8.68. The molecule has 0 saturated heterocycles. The molecular formula is C13H20ClNO3S. The number of nitrogens with one attached hydrogen (secondary N) is 1. The summed E-state index contributed by atoms with van der Waals surface area (Å²) in [5.41, 5.74) is -0.430. The first kappa shape index (κ1) is 16.4. The molecule has 1 rings (SSSR count). The van der Waals surface area contributed by atoms with E-state index in [1.54, 1.807) is 26.0 Å². The van der Waals surface area contributed by atoms with Crippen molar-refractivity contribution in [1.29, 1.82) is 0 Å². The van der Waals surface area contributed by atoms with Gasteiger partial charge >= 0.3 is 0 Å². The van der Waals surface area contributed by atoms with E-state index in [4.69, 9.17) is 11.6 Å². The van der Waals surface area contributed by atoms with Gasteiger partial charge in [0.2, 0.25) is 10.0 Å². The van der Waals surface area contributed by atoms with Crippen molar-refractivity contribution in [3.8, 4) is 0 Å². The van der Waals surface area contributed by atoms with Gasteiger partial charge in [0.15, 0.2) is 0 Å². The Morgan fingerprint density at radius 1 is 1.42 bits per heavy atom. The van der Waals surface area contributed by atoms with Gasteiger partial charge in [0.05, 0.1) is 10.5 Å². The van der Waals surface area contributed by atoms with E-state index in [2.05, 4.69) is 4.72 Å². The molecule has 0 spiro atoms. The molecule has 0 aromatic heterocycles. The maximum Gasteiger partial charge on any atom is 0.240 e. The van der Waals surface area contributed by atoms with E-state index in [1.807, 2.05) is 6.92 Å². The Hall–Kier alpha value is -0.620. The van der Waals surface area contributed by atoms with Gasteiger partial charge in [0.1, 0.15) is 0 Å². The van der Waals surface area contributed by atoms with Crippen LogP contribution >= 0.6 is 11.6 Å². The molecule has 6 heteroatoms. The molecule has 0 heterocycles. The van der Waals surface area contributed by atoms with Crippen molar-refractivity contribution in [2.45, 2.75) is 44.1 Å². The Labute approximate surface area is 119 Å². The summed E-state index contributed by atoms with van der Waals surface area (Å²) < 4.78 is 26.8. The normalized spacial score (nSPS) is 15.2. The maximum absolute atomic E-state index is 12.2. The average molecular weight is 306 g/mol. The van der Waals surface area contributed by atoms with Crippen LogP contribution in [0.2, 0.25) is 5.02 Å². The molecule has 19 heavy (non-hydrogen) atoms. The van der Waals surface area contributed by atoms with Crippen molar-refractivity contribution >= 4 is 21.6 Å².